The molecular weight excluding hydrogens is 1400 g/mol. The number of pyridine rings is 1. The number of benzene rings is 4. The van der Waals surface area contributed by atoms with Crippen molar-refractivity contribution in [2.45, 2.75) is 64.5 Å². The Morgan fingerprint density at radius 1 is 0.624 bits per heavy atom. The molecule has 4 aromatic carbocycles. The molecule has 0 unspecified atom stereocenters. The molecule has 502 valence electrons. The van der Waals surface area contributed by atoms with E-state index in [0.29, 0.717) is 89.0 Å². The van der Waals surface area contributed by atoms with Crippen LogP contribution in [0.25, 0.3) is 61.2 Å². The molecule has 0 aliphatic carbocycles. The van der Waals surface area contributed by atoms with Crippen LogP contribution < -0.4 is 31.2 Å². The molecule has 0 saturated heterocycles. The molecule has 93 heavy (non-hydrogen) atoms. The van der Waals surface area contributed by atoms with Crippen LogP contribution in [0.5, 0.6) is 0 Å². The van der Waals surface area contributed by atoms with Crippen molar-refractivity contribution in [1.29, 1.82) is 0 Å². The largest absolute Gasteiger partial charge is 0.677 e. The molecule has 2 aliphatic rings. The summed E-state index contributed by atoms with van der Waals surface area (Å²) >= 11 is 1.61. The number of amides is 6. The number of nitrogens with zero attached hydrogens (tertiary/aromatic N) is 7. The number of fused-ring (bicyclic) bond motifs is 7. The van der Waals surface area contributed by atoms with Gasteiger partial charge >= 0.3 is 34.2 Å². The van der Waals surface area contributed by atoms with Crippen molar-refractivity contribution in [2.75, 3.05) is 129 Å². The maximum atomic E-state index is 14.0. The van der Waals surface area contributed by atoms with E-state index in [1.54, 1.807) is 33.3 Å². The van der Waals surface area contributed by atoms with E-state index in [0.717, 1.165) is 55.6 Å². The molecule has 0 fully saturated rings. The van der Waals surface area contributed by atoms with Crippen molar-refractivity contribution in [3.8, 4) is 22.5 Å². The van der Waals surface area contributed by atoms with E-state index in [9.17, 15) is 39.0 Å². The molecular formula is C65H82ClN14O12Pt-. The molecule has 6 amide bonds. The first-order valence-corrected chi connectivity index (χ1v) is 33.6. The Labute approximate surface area is 556 Å². The van der Waals surface area contributed by atoms with E-state index in [1.165, 1.54) is 12.2 Å². The molecule has 2 aromatic heterocycles. The number of imide groups is 1. The van der Waals surface area contributed by atoms with Crippen LogP contribution in [0.2, 0.25) is 0 Å². The van der Waals surface area contributed by atoms with E-state index >= 15 is 0 Å². The molecule has 4 heterocycles. The van der Waals surface area contributed by atoms with Crippen LogP contribution in [0.4, 0.5) is 11.4 Å². The smallest absolute Gasteiger partial charge is 0.0916 e. The molecule has 6 aromatic rings. The van der Waals surface area contributed by atoms with Gasteiger partial charge in [-0.05, 0) is 43.1 Å². The number of carbonyl (C=O) groups excluding carboxylic acids is 7. The average molecular weight is 1480 g/mol. The first-order chi connectivity index (χ1) is 45.4. The number of aromatic amines is 1. The van der Waals surface area contributed by atoms with Crippen molar-refractivity contribution in [2.24, 2.45) is 0 Å². The van der Waals surface area contributed by atoms with Gasteiger partial charge in [-0.1, -0.05) is 91.2 Å². The summed E-state index contributed by atoms with van der Waals surface area (Å²) in [4.78, 5) is 95.3. The minimum Gasteiger partial charge on any atom is -0.677 e. The fourth-order valence-electron chi connectivity index (χ4n) is 9.82. The zero-order valence-corrected chi connectivity index (χ0v) is 55.2. The number of hydrogen-bond acceptors (Lipinski definition) is 15. The van der Waals surface area contributed by atoms with Crippen molar-refractivity contribution >= 4 is 89.8 Å². The predicted molar refractivity (Wildman–Crippen MR) is 350 cm³/mol. The molecule has 0 spiro atoms. The predicted octanol–water partition coefficient (Wildman–Crippen LogP) is 6.37. The van der Waals surface area contributed by atoms with Gasteiger partial charge in [-0.25, -0.2) is 9.67 Å². The maximum absolute atomic E-state index is 14.0. The minimum absolute atomic E-state index is 0.0160. The molecule has 0 radical (unpaired) electrons. The number of halogens is 1. The molecule has 8 rings (SSSR count). The van der Waals surface area contributed by atoms with E-state index in [-0.39, 0.29) is 127 Å². The summed E-state index contributed by atoms with van der Waals surface area (Å²) in [6.07, 6.45) is 3.82. The summed E-state index contributed by atoms with van der Waals surface area (Å²) in [5.41, 5.74) is 20.4. The molecule has 7 N–H and O–H groups in total. The van der Waals surface area contributed by atoms with Gasteiger partial charge in [-0.15, -0.1) is 5.10 Å². The van der Waals surface area contributed by atoms with Crippen molar-refractivity contribution in [3.05, 3.63) is 132 Å². The van der Waals surface area contributed by atoms with Gasteiger partial charge in [0.2, 0.25) is 34.7 Å². The third-order valence-electron chi connectivity index (χ3n) is 14.6. The van der Waals surface area contributed by atoms with Crippen LogP contribution in [0, 0.1) is 0 Å². The van der Waals surface area contributed by atoms with Crippen molar-refractivity contribution in [1.82, 2.24) is 40.7 Å². The standard InChI is InChI=1S/C62H73N12O12.C3H8N2.ClH.Pt/c1-71(32-28-67-60-46-13-4-7-16-49(46)68-50-17-8-5-14-47(50)60)52(63)19-10-34-86-59(81)23-20-53(75)65-29-33-74-62-45-12-3-2-11-44(45)43-73(51-18-9-6-15-48(51)61(62)69-70-74)58(80)24-27-64-55(77)26-35-82-37-39-84-41-42-85-40-38-83-36-30-66-54(76)25-31-72-56(78)21-22-57(72)79;4-2-1-3-5;;/h2-9,11-18,21-22H,10,19-20,23-43H2,1H3,(H,64,77)(H,65,75)(H,66,76)(H,67,68);4-5H,1-3H2;1H;/q-1;-2;;+2. The topological polar surface area (TPSA) is 338 Å². The van der Waals surface area contributed by atoms with Gasteiger partial charge in [-0.2, -0.15) is 13.1 Å². The Balaban J connectivity index is 0.00000187. The monoisotopic (exact) mass is 1480 g/mol. The second-order valence-corrected chi connectivity index (χ2v) is 21.1. The van der Waals surface area contributed by atoms with Gasteiger partial charge in [0.1, 0.15) is 5.69 Å². The normalized spacial score (nSPS) is 12.1. The summed E-state index contributed by atoms with van der Waals surface area (Å²) in [6.45, 7) is 5.60. The number of likely N-dealkylation sites (N-methyl/N-ethyl adjacent to an activating group) is 1. The van der Waals surface area contributed by atoms with E-state index in [4.69, 9.17) is 35.2 Å². The van der Waals surface area contributed by atoms with Gasteiger partial charge in [-0.3, -0.25) is 38.5 Å². The number of carbonyl (C=O) groups is 7. The summed E-state index contributed by atoms with van der Waals surface area (Å²) in [6, 6.07) is 31.4. The van der Waals surface area contributed by atoms with Gasteiger partial charge in [0.25, 0.3) is 11.8 Å². The number of anilines is 2. The number of H-pyrrole nitrogens is 1. The zero-order valence-electron chi connectivity index (χ0n) is 52.2. The average Bonchev–Trinajstić information content (AvgIpc) is 1.78. The van der Waals surface area contributed by atoms with Crippen LogP contribution >= 0.6 is 9.42 Å². The Morgan fingerprint density at radius 3 is 1.86 bits per heavy atom. The molecule has 28 heteroatoms. The Kier molecular flexibility index (Phi) is 33.0. The van der Waals surface area contributed by atoms with Crippen LogP contribution in [-0.4, -0.2) is 191 Å². The van der Waals surface area contributed by atoms with E-state index in [1.807, 2.05) is 92.0 Å². The summed E-state index contributed by atoms with van der Waals surface area (Å²) in [5.74, 6) is -2.22. The minimum atomic E-state index is -0.505. The number of para-hydroxylation sites is 3. The fourth-order valence-corrected chi connectivity index (χ4v) is 9.82. The molecule has 0 saturated carbocycles. The van der Waals surface area contributed by atoms with Gasteiger partial charge in [0.05, 0.1) is 107 Å². The van der Waals surface area contributed by atoms with Crippen LogP contribution in [-0.2, 0) is 89.1 Å². The third-order valence-corrected chi connectivity index (χ3v) is 14.6. The second kappa shape index (κ2) is 41.5. The number of esters is 1. The number of amidine groups is 1. The quantitative estimate of drug-likeness (QED) is 0.00821. The Morgan fingerprint density at radius 2 is 1.19 bits per heavy atom. The van der Waals surface area contributed by atoms with Gasteiger partial charge < -0.3 is 71.6 Å². The van der Waals surface area contributed by atoms with Gasteiger partial charge in [0.15, 0.2) is 0 Å². The number of aromatic nitrogens is 4. The third kappa shape index (κ3) is 24.1. The van der Waals surface area contributed by atoms with Gasteiger partial charge in [0, 0.05) is 93.8 Å². The zero-order chi connectivity index (χ0) is 66.6. The van der Waals surface area contributed by atoms with E-state index in [2.05, 4.69) is 58.1 Å². The molecule has 26 nitrogen and oxygen atoms in total. The van der Waals surface area contributed by atoms with Crippen molar-refractivity contribution < 1.29 is 81.0 Å². The Hall–Kier alpha value is -8.07. The summed E-state index contributed by atoms with van der Waals surface area (Å²) < 4.78 is 29.1. The van der Waals surface area contributed by atoms with Crippen molar-refractivity contribution in [3.63, 3.8) is 0 Å². The Bertz CT molecular complexity index is 3370. The van der Waals surface area contributed by atoms with Crippen LogP contribution in [0.1, 0.15) is 56.9 Å². The second-order valence-electron chi connectivity index (χ2n) is 21.1. The van der Waals surface area contributed by atoms with E-state index < -0.39 is 17.8 Å². The number of ether oxygens (including phenoxy) is 5. The molecule has 0 atom stereocenters. The molecule has 2 aliphatic heterocycles. The summed E-state index contributed by atoms with van der Waals surface area (Å²) in [7, 11) is 6.43. The van der Waals surface area contributed by atoms with Crippen LogP contribution in [0.3, 0.4) is 0 Å². The first kappa shape index (κ1) is 74.0. The fraction of sp³-hybridized carbons (Fsp3) is 0.431. The number of nitrogens with one attached hydrogen (secondary N) is 7. The molecule has 0 bridgehead atoms. The van der Waals surface area contributed by atoms with Crippen LogP contribution in [0.15, 0.2) is 109 Å². The SMILES string of the molecule is CN(CCNc1c2ccccc2[nH+]c2ccccc12)C(=[N-])CCCOC(=O)CCC(=O)NCCn1nnc2c1-c1ccccc1CN(C(=O)CCNC(=O)CCOCCOCCOCCOCCNC(=O)CCN1C(=O)C=CC1=O)c1ccccc1-2.[Cl][Pt+].[NH-]CCC[NH-]. The summed E-state index contributed by atoms with van der Waals surface area (Å²) in [5, 5.41) is 34.0. The number of hydrogen-bond donors (Lipinski definition) is 4. The maximum Gasteiger partial charge on any atom is -0.0916 e. The number of rotatable bonds is 37. The first-order valence-electron chi connectivity index (χ1n) is 30.8.